The van der Waals surface area contributed by atoms with Crippen LogP contribution in [0.2, 0.25) is 5.02 Å². The molecular weight excluding hydrogens is 278 g/mol. The van der Waals surface area contributed by atoms with Crippen LogP contribution in [0.5, 0.6) is 0 Å². The molecule has 0 unspecified atom stereocenters. The molecule has 0 spiro atoms. The van der Waals surface area contributed by atoms with E-state index < -0.39 is 5.97 Å². The van der Waals surface area contributed by atoms with Gasteiger partial charge in [-0.15, -0.1) is 0 Å². The normalized spacial score (nSPS) is 16.5. The second-order valence-corrected chi connectivity index (χ2v) is 5.21. The first-order valence-electron chi connectivity index (χ1n) is 6.59. The highest BCUT2D eigenvalue weighted by molar-refractivity contribution is 6.33. The number of rotatable bonds is 4. The molecule has 1 fully saturated rings. The van der Waals surface area contributed by atoms with Crippen molar-refractivity contribution in [3.8, 4) is 0 Å². The van der Waals surface area contributed by atoms with Crippen LogP contribution < -0.4 is 4.90 Å². The van der Waals surface area contributed by atoms with Crippen LogP contribution in [0.25, 0.3) is 6.08 Å². The molecular formula is C15H18ClNO3. The lowest BCUT2D eigenvalue weighted by Crippen LogP contribution is -2.37. The van der Waals surface area contributed by atoms with Crippen LogP contribution in [0.15, 0.2) is 24.3 Å². The Hall–Kier alpha value is -1.52. The molecule has 5 heteroatoms. The Balaban J connectivity index is 2.30. The molecule has 1 aromatic rings. The van der Waals surface area contributed by atoms with Gasteiger partial charge in [0.15, 0.2) is 0 Å². The quantitative estimate of drug-likeness (QED) is 0.868. The van der Waals surface area contributed by atoms with Crippen molar-refractivity contribution in [2.24, 2.45) is 0 Å². The van der Waals surface area contributed by atoms with Gasteiger partial charge in [-0.25, -0.2) is 4.79 Å². The SMILES string of the molecule is CN(c1c(Cl)cccc1/C=C/C(=O)O)C1CCOCC1. The lowest BCUT2D eigenvalue weighted by atomic mass is 10.0. The van der Waals surface area contributed by atoms with Crippen molar-refractivity contribution in [1.82, 2.24) is 0 Å². The summed E-state index contributed by atoms with van der Waals surface area (Å²) >= 11 is 6.30. The number of aliphatic carboxylic acids is 1. The van der Waals surface area contributed by atoms with Crippen molar-refractivity contribution >= 4 is 29.3 Å². The minimum Gasteiger partial charge on any atom is -0.478 e. The molecule has 1 heterocycles. The maximum atomic E-state index is 10.7. The first-order valence-corrected chi connectivity index (χ1v) is 6.97. The molecule has 0 bridgehead atoms. The van der Waals surface area contributed by atoms with Gasteiger partial charge in [-0.3, -0.25) is 0 Å². The maximum Gasteiger partial charge on any atom is 0.328 e. The molecule has 108 valence electrons. The smallest absolute Gasteiger partial charge is 0.328 e. The summed E-state index contributed by atoms with van der Waals surface area (Å²) in [6.45, 7) is 1.50. The highest BCUT2D eigenvalue weighted by atomic mass is 35.5. The molecule has 0 atom stereocenters. The molecule has 0 saturated carbocycles. The Labute approximate surface area is 123 Å². The van der Waals surface area contributed by atoms with Gasteiger partial charge in [-0.2, -0.15) is 0 Å². The van der Waals surface area contributed by atoms with Gasteiger partial charge in [0, 0.05) is 32.4 Å². The van der Waals surface area contributed by atoms with Gasteiger partial charge in [0.05, 0.1) is 10.7 Å². The van der Waals surface area contributed by atoms with E-state index in [9.17, 15) is 4.79 Å². The van der Waals surface area contributed by atoms with E-state index in [-0.39, 0.29) is 0 Å². The first kappa shape index (κ1) is 14.9. The first-order chi connectivity index (χ1) is 9.59. The number of carboxylic acid groups (broad SMARTS) is 1. The van der Waals surface area contributed by atoms with Crippen molar-refractivity contribution in [2.45, 2.75) is 18.9 Å². The molecule has 1 N–H and O–H groups in total. The summed E-state index contributed by atoms with van der Waals surface area (Å²) in [4.78, 5) is 12.8. The highest BCUT2D eigenvalue weighted by Gasteiger charge is 2.21. The summed E-state index contributed by atoms with van der Waals surface area (Å²) in [5, 5.41) is 9.40. The van der Waals surface area contributed by atoms with E-state index in [1.54, 1.807) is 6.08 Å². The van der Waals surface area contributed by atoms with E-state index in [4.69, 9.17) is 21.4 Å². The van der Waals surface area contributed by atoms with Gasteiger partial charge in [0.25, 0.3) is 0 Å². The van der Waals surface area contributed by atoms with Crippen LogP contribution >= 0.6 is 11.6 Å². The Morgan fingerprint density at radius 3 is 2.80 bits per heavy atom. The van der Waals surface area contributed by atoms with Gasteiger partial charge >= 0.3 is 5.97 Å². The van der Waals surface area contributed by atoms with Crippen molar-refractivity contribution in [3.63, 3.8) is 0 Å². The van der Waals surface area contributed by atoms with E-state index in [0.29, 0.717) is 11.1 Å². The fraction of sp³-hybridized carbons (Fsp3) is 0.400. The maximum absolute atomic E-state index is 10.7. The van der Waals surface area contributed by atoms with Crippen molar-refractivity contribution < 1.29 is 14.6 Å². The third-order valence-corrected chi connectivity index (χ3v) is 3.82. The number of para-hydroxylation sites is 1. The standard InChI is InChI=1S/C15H18ClNO3/c1-17(12-7-9-20-10-8-12)15-11(5-6-14(18)19)3-2-4-13(15)16/h2-6,12H,7-10H2,1H3,(H,18,19)/b6-5+. The molecule has 1 aliphatic heterocycles. The molecule has 20 heavy (non-hydrogen) atoms. The number of ether oxygens (including phenoxy) is 1. The minimum absolute atomic E-state index is 0.362. The third-order valence-electron chi connectivity index (χ3n) is 3.51. The number of benzene rings is 1. The topological polar surface area (TPSA) is 49.8 Å². The summed E-state index contributed by atoms with van der Waals surface area (Å²) in [5.41, 5.74) is 1.69. The summed E-state index contributed by atoms with van der Waals surface area (Å²) in [6, 6.07) is 5.88. The van der Waals surface area contributed by atoms with Crippen LogP contribution in [0, 0.1) is 0 Å². The predicted molar refractivity (Wildman–Crippen MR) is 80.4 cm³/mol. The minimum atomic E-state index is -0.968. The fourth-order valence-corrected chi connectivity index (χ4v) is 2.77. The third kappa shape index (κ3) is 3.52. The van der Waals surface area contributed by atoms with Crippen LogP contribution in [-0.2, 0) is 9.53 Å². The number of hydrogen-bond donors (Lipinski definition) is 1. The average molecular weight is 296 g/mol. The van der Waals surface area contributed by atoms with Crippen LogP contribution in [0.4, 0.5) is 5.69 Å². The largest absolute Gasteiger partial charge is 0.478 e. The van der Waals surface area contributed by atoms with Gasteiger partial charge < -0.3 is 14.7 Å². The zero-order valence-corrected chi connectivity index (χ0v) is 12.1. The number of hydrogen-bond acceptors (Lipinski definition) is 3. The van der Waals surface area contributed by atoms with Crippen LogP contribution in [-0.4, -0.2) is 37.4 Å². The highest BCUT2D eigenvalue weighted by Crippen LogP contribution is 2.33. The molecule has 1 aliphatic rings. The second kappa shape index (κ2) is 6.77. The van der Waals surface area contributed by atoms with E-state index in [1.807, 2.05) is 25.2 Å². The predicted octanol–water partition coefficient (Wildman–Crippen LogP) is 3.05. The molecule has 1 saturated heterocycles. The number of carboxylic acids is 1. The molecule has 0 amide bonds. The van der Waals surface area contributed by atoms with Crippen LogP contribution in [0.3, 0.4) is 0 Å². The summed E-state index contributed by atoms with van der Waals surface area (Å²) in [7, 11) is 2.00. The lowest BCUT2D eigenvalue weighted by Gasteiger charge is -2.34. The summed E-state index contributed by atoms with van der Waals surface area (Å²) in [5.74, 6) is -0.968. The molecule has 2 rings (SSSR count). The zero-order valence-electron chi connectivity index (χ0n) is 11.4. The number of carbonyl (C=O) groups is 1. The Kier molecular flexibility index (Phi) is 5.04. The second-order valence-electron chi connectivity index (χ2n) is 4.80. The number of nitrogens with zero attached hydrogens (tertiary/aromatic N) is 1. The van der Waals surface area contributed by atoms with Crippen LogP contribution in [0.1, 0.15) is 18.4 Å². The number of anilines is 1. The van der Waals surface area contributed by atoms with Crippen molar-refractivity contribution in [2.75, 3.05) is 25.2 Å². The molecule has 0 radical (unpaired) electrons. The van der Waals surface area contributed by atoms with Crippen molar-refractivity contribution in [1.29, 1.82) is 0 Å². The summed E-state index contributed by atoms with van der Waals surface area (Å²) < 4.78 is 5.37. The average Bonchev–Trinajstić information content (AvgIpc) is 2.45. The van der Waals surface area contributed by atoms with E-state index in [2.05, 4.69) is 4.90 Å². The monoisotopic (exact) mass is 295 g/mol. The summed E-state index contributed by atoms with van der Waals surface area (Å²) in [6.07, 6.45) is 4.61. The lowest BCUT2D eigenvalue weighted by molar-refractivity contribution is -0.131. The molecule has 0 aliphatic carbocycles. The van der Waals surface area contributed by atoms with E-state index >= 15 is 0 Å². The van der Waals surface area contributed by atoms with Gasteiger partial charge in [0.1, 0.15) is 0 Å². The van der Waals surface area contributed by atoms with Gasteiger partial charge in [-0.05, 0) is 30.5 Å². The zero-order chi connectivity index (χ0) is 14.5. The van der Waals surface area contributed by atoms with E-state index in [0.717, 1.165) is 43.4 Å². The van der Waals surface area contributed by atoms with Crippen molar-refractivity contribution in [3.05, 3.63) is 34.9 Å². The van der Waals surface area contributed by atoms with E-state index in [1.165, 1.54) is 0 Å². The molecule has 1 aromatic carbocycles. The van der Waals surface area contributed by atoms with Gasteiger partial charge in [-0.1, -0.05) is 23.7 Å². The molecule has 4 nitrogen and oxygen atoms in total. The van der Waals surface area contributed by atoms with Gasteiger partial charge in [0.2, 0.25) is 0 Å². The molecule has 0 aromatic heterocycles. The Bertz CT molecular complexity index is 510. The Morgan fingerprint density at radius 1 is 1.45 bits per heavy atom. The number of halogens is 1. The Morgan fingerprint density at radius 2 is 2.15 bits per heavy atom. The fourth-order valence-electron chi connectivity index (χ4n) is 2.45.